The Hall–Kier alpha value is -2.10. The first-order valence-corrected chi connectivity index (χ1v) is 7.70. The number of para-hydroxylation sites is 1. The third kappa shape index (κ3) is 2.15. The van der Waals surface area contributed by atoms with E-state index < -0.39 is 0 Å². The first-order chi connectivity index (χ1) is 10.3. The van der Waals surface area contributed by atoms with Crippen molar-refractivity contribution >= 4 is 27.9 Å². The van der Waals surface area contributed by atoms with E-state index in [4.69, 9.17) is 4.42 Å². The van der Waals surface area contributed by atoms with Crippen molar-refractivity contribution in [3.8, 4) is 0 Å². The Bertz CT molecular complexity index is 780. The van der Waals surface area contributed by atoms with Gasteiger partial charge in [0.15, 0.2) is 11.4 Å². The molecule has 4 heteroatoms. The molecule has 3 heterocycles. The molecule has 1 fully saturated rings. The van der Waals surface area contributed by atoms with Gasteiger partial charge in [0.1, 0.15) is 17.4 Å². The van der Waals surface area contributed by atoms with Gasteiger partial charge in [-0.05, 0) is 37.3 Å². The number of rotatable bonds is 1. The van der Waals surface area contributed by atoms with Gasteiger partial charge in [-0.3, -0.25) is 0 Å². The van der Waals surface area contributed by atoms with E-state index in [0.29, 0.717) is 0 Å². The molecule has 21 heavy (non-hydrogen) atoms. The highest BCUT2D eigenvalue weighted by molar-refractivity contribution is 6.05. The fourth-order valence-corrected chi connectivity index (χ4v) is 3.21. The van der Waals surface area contributed by atoms with E-state index in [-0.39, 0.29) is 0 Å². The summed E-state index contributed by atoms with van der Waals surface area (Å²) in [4.78, 5) is 11.3. The van der Waals surface area contributed by atoms with Gasteiger partial charge in [-0.25, -0.2) is 9.97 Å². The van der Waals surface area contributed by atoms with Crippen LogP contribution in [0.1, 0.15) is 26.2 Å². The Morgan fingerprint density at radius 1 is 1.14 bits per heavy atom. The standard InChI is InChI=1S/C17H19N3O/c1-12-5-4-9-20(10-8-12)17-16-15(18-11-19-17)13-6-2-3-7-14(13)21-16/h2-3,6-7,11-12H,4-5,8-10H2,1H3. The van der Waals surface area contributed by atoms with Gasteiger partial charge in [0.2, 0.25) is 0 Å². The van der Waals surface area contributed by atoms with Crippen molar-refractivity contribution in [1.29, 1.82) is 0 Å². The lowest BCUT2D eigenvalue weighted by atomic mass is 10.0. The molecule has 1 saturated heterocycles. The maximum absolute atomic E-state index is 6.04. The molecule has 1 aliphatic rings. The minimum atomic E-state index is 0.794. The quantitative estimate of drug-likeness (QED) is 0.676. The van der Waals surface area contributed by atoms with Crippen LogP contribution in [0.2, 0.25) is 0 Å². The van der Waals surface area contributed by atoms with E-state index in [0.717, 1.165) is 46.9 Å². The number of nitrogens with zero attached hydrogens (tertiary/aromatic N) is 3. The minimum Gasteiger partial charge on any atom is -0.450 e. The summed E-state index contributed by atoms with van der Waals surface area (Å²) >= 11 is 0. The van der Waals surface area contributed by atoms with Gasteiger partial charge in [-0.15, -0.1) is 0 Å². The normalized spacial score (nSPS) is 20.0. The maximum Gasteiger partial charge on any atom is 0.196 e. The highest BCUT2D eigenvalue weighted by Gasteiger charge is 2.20. The number of hydrogen-bond donors (Lipinski definition) is 0. The van der Waals surface area contributed by atoms with Crippen LogP contribution in [-0.2, 0) is 0 Å². The molecule has 1 atom stereocenters. The van der Waals surface area contributed by atoms with Crippen molar-refractivity contribution in [2.24, 2.45) is 5.92 Å². The summed E-state index contributed by atoms with van der Waals surface area (Å²) in [7, 11) is 0. The second kappa shape index (κ2) is 5.02. The van der Waals surface area contributed by atoms with E-state index in [9.17, 15) is 0 Å². The van der Waals surface area contributed by atoms with Crippen LogP contribution in [0.25, 0.3) is 22.1 Å². The van der Waals surface area contributed by atoms with Gasteiger partial charge >= 0.3 is 0 Å². The predicted molar refractivity (Wildman–Crippen MR) is 84.5 cm³/mol. The average Bonchev–Trinajstić information content (AvgIpc) is 2.76. The summed E-state index contributed by atoms with van der Waals surface area (Å²) in [5.74, 6) is 1.74. The lowest BCUT2D eigenvalue weighted by Gasteiger charge is -2.21. The van der Waals surface area contributed by atoms with Crippen LogP contribution in [0.4, 0.5) is 5.82 Å². The van der Waals surface area contributed by atoms with Crippen LogP contribution in [0.3, 0.4) is 0 Å². The molecule has 0 saturated carbocycles. The molecule has 3 aromatic rings. The monoisotopic (exact) mass is 281 g/mol. The van der Waals surface area contributed by atoms with Gasteiger partial charge in [0.25, 0.3) is 0 Å². The van der Waals surface area contributed by atoms with Gasteiger partial charge in [-0.1, -0.05) is 19.1 Å². The smallest absolute Gasteiger partial charge is 0.196 e. The molecular formula is C17H19N3O. The SMILES string of the molecule is CC1CCCN(c2ncnc3c2oc2ccccc23)CC1. The molecule has 0 N–H and O–H groups in total. The Morgan fingerprint density at radius 3 is 3.00 bits per heavy atom. The molecule has 0 aliphatic carbocycles. The van der Waals surface area contributed by atoms with Crippen molar-refractivity contribution in [1.82, 2.24) is 9.97 Å². The van der Waals surface area contributed by atoms with Crippen molar-refractivity contribution in [2.45, 2.75) is 26.2 Å². The summed E-state index contributed by atoms with van der Waals surface area (Å²) in [5.41, 5.74) is 2.64. The fraction of sp³-hybridized carbons (Fsp3) is 0.412. The number of aromatic nitrogens is 2. The zero-order valence-electron chi connectivity index (χ0n) is 12.2. The zero-order valence-corrected chi connectivity index (χ0v) is 12.2. The van der Waals surface area contributed by atoms with Crippen molar-refractivity contribution in [2.75, 3.05) is 18.0 Å². The molecule has 1 aromatic carbocycles. The summed E-state index contributed by atoms with van der Waals surface area (Å²) in [5, 5.41) is 1.07. The molecule has 0 radical (unpaired) electrons. The number of benzene rings is 1. The van der Waals surface area contributed by atoms with Crippen LogP contribution in [-0.4, -0.2) is 23.1 Å². The summed E-state index contributed by atoms with van der Waals surface area (Å²) in [6.45, 7) is 4.43. The Kier molecular flexibility index (Phi) is 3.02. The lowest BCUT2D eigenvalue weighted by molar-refractivity contribution is 0.521. The fourth-order valence-electron chi connectivity index (χ4n) is 3.21. The highest BCUT2D eigenvalue weighted by Crippen LogP contribution is 2.33. The van der Waals surface area contributed by atoms with Crippen molar-refractivity contribution in [3.05, 3.63) is 30.6 Å². The molecule has 2 aromatic heterocycles. The predicted octanol–water partition coefficient (Wildman–Crippen LogP) is 4.00. The maximum atomic E-state index is 6.04. The van der Waals surface area contributed by atoms with Gasteiger partial charge in [0.05, 0.1) is 0 Å². The van der Waals surface area contributed by atoms with Crippen LogP contribution in [0, 0.1) is 5.92 Å². The molecule has 0 spiro atoms. The number of fused-ring (bicyclic) bond motifs is 3. The van der Waals surface area contributed by atoms with E-state index in [1.165, 1.54) is 19.3 Å². The summed E-state index contributed by atoms with van der Waals surface area (Å²) in [6.07, 6.45) is 5.39. The second-order valence-electron chi connectivity index (χ2n) is 6.00. The Labute approximate surface area is 123 Å². The lowest BCUT2D eigenvalue weighted by Crippen LogP contribution is -2.25. The first-order valence-electron chi connectivity index (χ1n) is 7.70. The largest absolute Gasteiger partial charge is 0.450 e. The molecule has 4 nitrogen and oxygen atoms in total. The Balaban J connectivity index is 1.84. The third-order valence-corrected chi connectivity index (χ3v) is 4.46. The minimum absolute atomic E-state index is 0.794. The zero-order chi connectivity index (χ0) is 14.2. The summed E-state index contributed by atoms with van der Waals surface area (Å²) in [6, 6.07) is 8.06. The summed E-state index contributed by atoms with van der Waals surface area (Å²) < 4.78 is 6.04. The molecule has 108 valence electrons. The van der Waals surface area contributed by atoms with Gasteiger partial charge in [0, 0.05) is 18.5 Å². The van der Waals surface area contributed by atoms with Crippen LogP contribution < -0.4 is 4.90 Å². The van der Waals surface area contributed by atoms with Gasteiger partial charge < -0.3 is 9.32 Å². The van der Waals surface area contributed by atoms with Gasteiger partial charge in [-0.2, -0.15) is 0 Å². The first kappa shape index (κ1) is 12.6. The van der Waals surface area contributed by atoms with E-state index in [1.54, 1.807) is 6.33 Å². The number of anilines is 1. The number of furan rings is 1. The highest BCUT2D eigenvalue weighted by atomic mass is 16.3. The molecule has 1 unspecified atom stereocenters. The van der Waals surface area contributed by atoms with E-state index >= 15 is 0 Å². The Morgan fingerprint density at radius 2 is 2.05 bits per heavy atom. The van der Waals surface area contributed by atoms with Crippen LogP contribution in [0.15, 0.2) is 35.0 Å². The topological polar surface area (TPSA) is 42.2 Å². The molecule has 1 aliphatic heterocycles. The molecular weight excluding hydrogens is 262 g/mol. The van der Waals surface area contributed by atoms with E-state index in [2.05, 4.69) is 27.9 Å². The third-order valence-electron chi connectivity index (χ3n) is 4.46. The van der Waals surface area contributed by atoms with Crippen molar-refractivity contribution in [3.63, 3.8) is 0 Å². The molecule has 0 amide bonds. The van der Waals surface area contributed by atoms with E-state index in [1.807, 2.05) is 18.2 Å². The van der Waals surface area contributed by atoms with Crippen LogP contribution >= 0.6 is 0 Å². The van der Waals surface area contributed by atoms with Crippen LogP contribution in [0.5, 0.6) is 0 Å². The number of hydrogen-bond acceptors (Lipinski definition) is 4. The average molecular weight is 281 g/mol. The van der Waals surface area contributed by atoms with Crippen molar-refractivity contribution < 1.29 is 4.42 Å². The second-order valence-corrected chi connectivity index (χ2v) is 6.00. The molecule has 0 bridgehead atoms. The molecule has 4 rings (SSSR count).